The van der Waals surface area contributed by atoms with E-state index in [-0.39, 0.29) is 36.7 Å². The van der Waals surface area contributed by atoms with Crippen molar-refractivity contribution in [2.24, 2.45) is 5.92 Å². The van der Waals surface area contributed by atoms with Crippen molar-refractivity contribution in [1.29, 1.82) is 0 Å². The average Bonchev–Trinajstić information content (AvgIpc) is 3.10. The molecule has 2 N–H and O–H groups in total. The highest BCUT2D eigenvalue weighted by Gasteiger charge is 2.34. The maximum atomic E-state index is 12.2. The zero-order valence-electron chi connectivity index (χ0n) is 16.2. The number of nitrogens with one attached hydrogen (secondary N) is 2. The molecule has 2 aromatic rings. The van der Waals surface area contributed by atoms with Crippen LogP contribution >= 0.6 is 11.6 Å². The fraction of sp³-hybridized carbons (Fsp3) is 0.286. The summed E-state index contributed by atoms with van der Waals surface area (Å²) >= 11 is 6.05. The van der Waals surface area contributed by atoms with Crippen molar-refractivity contribution in [3.05, 3.63) is 53.1 Å². The number of benzene rings is 2. The molecule has 1 fully saturated rings. The molecule has 3 rings (SSSR count). The van der Waals surface area contributed by atoms with E-state index in [0.717, 1.165) is 5.56 Å². The van der Waals surface area contributed by atoms with Crippen LogP contribution in [0.3, 0.4) is 0 Å². The Kier molecular flexibility index (Phi) is 6.39. The highest BCUT2D eigenvalue weighted by atomic mass is 35.5. The molecule has 0 radical (unpaired) electrons. The lowest BCUT2D eigenvalue weighted by Gasteiger charge is -2.17. The third-order valence-corrected chi connectivity index (χ3v) is 5.12. The molecule has 1 atom stereocenters. The van der Waals surface area contributed by atoms with Crippen LogP contribution in [-0.2, 0) is 14.4 Å². The Labute approximate surface area is 174 Å². The number of amides is 3. The Balaban J connectivity index is 1.54. The predicted octanol–water partition coefficient (Wildman–Crippen LogP) is 2.76. The summed E-state index contributed by atoms with van der Waals surface area (Å²) in [5, 5.41) is 5.88. The largest absolute Gasteiger partial charge is 0.484 e. The number of anilines is 2. The van der Waals surface area contributed by atoms with Crippen LogP contribution < -0.4 is 20.3 Å². The molecule has 2 aromatic carbocycles. The number of carbonyl (C=O) groups is 3. The van der Waals surface area contributed by atoms with Crippen molar-refractivity contribution in [1.82, 2.24) is 5.32 Å². The second-order valence-electron chi connectivity index (χ2n) is 6.81. The van der Waals surface area contributed by atoms with Gasteiger partial charge >= 0.3 is 0 Å². The van der Waals surface area contributed by atoms with E-state index in [0.29, 0.717) is 28.7 Å². The van der Waals surface area contributed by atoms with Gasteiger partial charge in [-0.25, -0.2) is 0 Å². The first-order chi connectivity index (χ1) is 13.9. The number of hydrogen-bond acceptors (Lipinski definition) is 4. The molecular weight excluding hydrogens is 394 g/mol. The molecule has 7 nitrogen and oxygen atoms in total. The molecule has 8 heteroatoms. The van der Waals surface area contributed by atoms with Gasteiger partial charge in [-0.05, 0) is 48.9 Å². The van der Waals surface area contributed by atoms with Gasteiger partial charge in [-0.3, -0.25) is 14.4 Å². The minimum atomic E-state index is -0.345. The highest BCUT2D eigenvalue weighted by molar-refractivity contribution is 6.31. The summed E-state index contributed by atoms with van der Waals surface area (Å²) in [6.07, 6.45) is 0.196. The van der Waals surface area contributed by atoms with Gasteiger partial charge in [0.2, 0.25) is 11.8 Å². The van der Waals surface area contributed by atoms with Crippen molar-refractivity contribution in [3.63, 3.8) is 0 Å². The summed E-state index contributed by atoms with van der Waals surface area (Å²) in [5.74, 6) is -0.384. The third-order valence-electron chi connectivity index (χ3n) is 4.72. The van der Waals surface area contributed by atoms with Gasteiger partial charge in [-0.1, -0.05) is 17.7 Å². The summed E-state index contributed by atoms with van der Waals surface area (Å²) in [7, 11) is 1.56. The number of aryl methyl sites for hydroxylation is 1. The number of carbonyl (C=O) groups excluding carboxylic acids is 3. The highest BCUT2D eigenvalue weighted by Crippen LogP contribution is 2.27. The Morgan fingerprint density at radius 1 is 1.21 bits per heavy atom. The van der Waals surface area contributed by atoms with Gasteiger partial charge in [0.05, 0.1) is 5.92 Å². The number of nitrogens with zero attached hydrogens (tertiary/aromatic N) is 1. The van der Waals surface area contributed by atoms with E-state index >= 15 is 0 Å². The normalized spacial score (nSPS) is 15.9. The standard InChI is InChI=1S/C21H22ClN3O4/c1-13-3-4-15(10-18(13)22)24-19(26)12-29-17-7-5-16(6-8-17)25-11-14(9-20(25)27)21(28)23-2/h3-8,10,14H,9,11-12H2,1-2H3,(H,23,28)(H,24,26)/t14-/m1/s1. The van der Waals surface area contributed by atoms with Gasteiger partial charge < -0.3 is 20.3 Å². The Bertz CT molecular complexity index is 930. The number of halogens is 1. The number of rotatable bonds is 6. The van der Waals surface area contributed by atoms with Crippen molar-refractivity contribution in [3.8, 4) is 5.75 Å². The maximum absolute atomic E-state index is 12.2. The Morgan fingerprint density at radius 2 is 1.93 bits per heavy atom. The number of hydrogen-bond donors (Lipinski definition) is 2. The summed E-state index contributed by atoms with van der Waals surface area (Å²) < 4.78 is 5.50. The van der Waals surface area contributed by atoms with Gasteiger partial charge in [0, 0.05) is 36.4 Å². The van der Waals surface area contributed by atoms with Crippen molar-refractivity contribution in [2.75, 3.05) is 30.4 Å². The molecule has 0 aromatic heterocycles. The molecule has 0 aliphatic carbocycles. The second-order valence-corrected chi connectivity index (χ2v) is 7.22. The fourth-order valence-corrected chi connectivity index (χ4v) is 3.26. The lowest BCUT2D eigenvalue weighted by molar-refractivity contribution is -0.125. The van der Waals surface area contributed by atoms with Crippen LogP contribution in [0, 0.1) is 12.8 Å². The Hall–Kier alpha value is -3.06. The Morgan fingerprint density at radius 3 is 2.59 bits per heavy atom. The van der Waals surface area contributed by atoms with Crippen LogP contribution in [0.4, 0.5) is 11.4 Å². The van der Waals surface area contributed by atoms with E-state index in [1.165, 1.54) is 0 Å². The van der Waals surface area contributed by atoms with Gasteiger partial charge in [-0.2, -0.15) is 0 Å². The predicted molar refractivity (Wildman–Crippen MR) is 111 cm³/mol. The van der Waals surface area contributed by atoms with Gasteiger partial charge in [-0.15, -0.1) is 0 Å². The summed E-state index contributed by atoms with van der Waals surface area (Å²) in [4.78, 5) is 37.6. The maximum Gasteiger partial charge on any atom is 0.262 e. The quantitative estimate of drug-likeness (QED) is 0.759. The zero-order chi connectivity index (χ0) is 21.0. The topological polar surface area (TPSA) is 87.7 Å². The zero-order valence-corrected chi connectivity index (χ0v) is 17.0. The molecule has 0 saturated carbocycles. The molecule has 3 amide bonds. The molecule has 1 heterocycles. The van der Waals surface area contributed by atoms with Crippen LogP contribution in [0.25, 0.3) is 0 Å². The minimum absolute atomic E-state index is 0.0941. The summed E-state index contributed by atoms with van der Waals surface area (Å²) in [6.45, 7) is 2.07. The van der Waals surface area contributed by atoms with E-state index in [9.17, 15) is 14.4 Å². The van der Waals surface area contributed by atoms with E-state index < -0.39 is 0 Å². The molecule has 1 saturated heterocycles. The van der Waals surface area contributed by atoms with E-state index in [4.69, 9.17) is 16.3 Å². The molecule has 1 aliphatic rings. The van der Waals surface area contributed by atoms with Gasteiger partial charge in [0.25, 0.3) is 5.91 Å². The monoisotopic (exact) mass is 415 g/mol. The SMILES string of the molecule is CNC(=O)[C@@H]1CC(=O)N(c2ccc(OCC(=O)Nc3ccc(C)c(Cl)c3)cc2)C1. The lowest BCUT2D eigenvalue weighted by Crippen LogP contribution is -2.30. The van der Waals surface area contributed by atoms with Crippen LogP contribution in [0.15, 0.2) is 42.5 Å². The molecule has 152 valence electrons. The molecular formula is C21H22ClN3O4. The lowest BCUT2D eigenvalue weighted by atomic mass is 10.1. The first-order valence-electron chi connectivity index (χ1n) is 9.18. The van der Waals surface area contributed by atoms with E-state index in [1.54, 1.807) is 48.3 Å². The van der Waals surface area contributed by atoms with Crippen LogP contribution in [0.1, 0.15) is 12.0 Å². The molecule has 0 spiro atoms. The summed E-state index contributed by atoms with van der Waals surface area (Å²) in [6, 6.07) is 12.1. The summed E-state index contributed by atoms with van der Waals surface area (Å²) in [5.41, 5.74) is 2.22. The minimum Gasteiger partial charge on any atom is -0.484 e. The van der Waals surface area contributed by atoms with Crippen molar-refractivity contribution < 1.29 is 19.1 Å². The van der Waals surface area contributed by atoms with Gasteiger partial charge in [0.15, 0.2) is 6.61 Å². The van der Waals surface area contributed by atoms with Crippen LogP contribution in [-0.4, -0.2) is 37.9 Å². The molecule has 29 heavy (non-hydrogen) atoms. The van der Waals surface area contributed by atoms with Crippen molar-refractivity contribution in [2.45, 2.75) is 13.3 Å². The molecule has 0 unspecified atom stereocenters. The van der Waals surface area contributed by atoms with E-state index in [2.05, 4.69) is 10.6 Å². The third kappa shape index (κ3) is 5.06. The first-order valence-corrected chi connectivity index (χ1v) is 9.56. The molecule has 1 aliphatic heterocycles. The first kappa shape index (κ1) is 20.7. The smallest absolute Gasteiger partial charge is 0.262 e. The van der Waals surface area contributed by atoms with Crippen molar-refractivity contribution >= 4 is 40.7 Å². The van der Waals surface area contributed by atoms with E-state index in [1.807, 2.05) is 13.0 Å². The fourth-order valence-electron chi connectivity index (χ4n) is 3.08. The second kappa shape index (κ2) is 8.96. The average molecular weight is 416 g/mol. The van der Waals surface area contributed by atoms with Crippen LogP contribution in [0.5, 0.6) is 5.75 Å². The van der Waals surface area contributed by atoms with Crippen LogP contribution in [0.2, 0.25) is 5.02 Å². The number of ether oxygens (including phenoxy) is 1. The van der Waals surface area contributed by atoms with Gasteiger partial charge in [0.1, 0.15) is 5.75 Å². The molecule has 0 bridgehead atoms.